The Morgan fingerprint density at radius 1 is 1.33 bits per heavy atom. The maximum atomic E-state index is 12.3. The van der Waals surface area contributed by atoms with Gasteiger partial charge in [-0.05, 0) is 12.3 Å². The molecule has 132 valence electrons. The minimum atomic E-state index is -0.693. The molecule has 3 N–H and O–H groups in total. The molecule has 1 aromatic heterocycles. The van der Waals surface area contributed by atoms with Gasteiger partial charge in [0.15, 0.2) is 5.69 Å². The number of hydrogen-bond acceptors (Lipinski definition) is 4. The zero-order chi connectivity index (χ0) is 16.9. The zero-order valence-corrected chi connectivity index (χ0v) is 14.0. The third-order valence-corrected chi connectivity index (χ3v) is 4.94. The number of aliphatic hydroxyl groups is 1. The number of aromatic nitrogens is 2. The highest BCUT2D eigenvalue weighted by Crippen LogP contribution is 2.24. The van der Waals surface area contributed by atoms with Crippen LogP contribution in [0.1, 0.15) is 65.9 Å². The van der Waals surface area contributed by atoms with E-state index in [4.69, 9.17) is 0 Å². The molecule has 1 aromatic rings. The Kier molecular flexibility index (Phi) is 5.50. The molecule has 1 aliphatic carbocycles. The first-order valence-electron chi connectivity index (χ1n) is 8.96. The molecule has 3 rings (SSSR count). The van der Waals surface area contributed by atoms with Crippen molar-refractivity contribution in [3.05, 3.63) is 17.5 Å². The van der Waals surface area contributed by atoms with Crippen LogP contribution in [0.2, 0.25) is 0 Å². The van der Waals surface area contributed by atoms with Gasteiger partial charge < -0.3 is 15.7 Å². The molecule has 0 spiro atoms. The second-order valence-corrected chi connectivity index (χ2v) is 6.86. The summed E-state index contributed by atoms with van der Waals surface area (Å²) in [6.07, 6.45) is 8.07. The number of carbonyl (C=O) groups excluding carboxylic acids is 2. The van der Waals surface area contributed by atoms with Gasteiger partial charge >= 0.3 is 0 Å². The lowest BCUT2D eigenvalue weighted by molar-refractivity contribution is 0.0931. The van der Waals surface area contributed by atoms with Crippen molar-refractivity contribution in [3.63, 3.8) is 0 Å². The monoisotopic (exact) mass is 334 g/mol. The third kappa shape index (κ3) is 4.14. The first-order valence-corrected chi connectivity index (χ1v) is 8.96. The molecule has 0 aromatic carbocycles. The smallest absolute Gasteiger partial charge is 0.271 e. The topological polar surface area (TPSA) is 96.2 Å². The average Bonchev–Trinajstić information content (AvgIpc) is 2.73. The third-order valence-electron chi connectivity index (χ3n) is 4.94. The number of carbonyl (C=O) groups is 2. The summed E-state index contributed by atoms with van der Waals surface area (Å²) in [5.74, 6) is 0.135. The van der Waals surface area contributed by atoms with Crippen molar-refractivity contribution in [1.82, 2.24) is 20.4 Å². The lowest BCUT2D eigenvalue weighted by atomic mass is 9.97. The van der Waals surface area contributed by atoms with Gasteiger partial charge in [0, 0.05) is 19.2 Å². The molecule has 1 atom stereocenters. The average molecular weight is 334 g/mol. The second-order valence-electron chi connectivity index (χ2n) is 6.86. The molecule has 2 aliphatic rings. The summed E-state index contributed by atoms with van der Waals surface area (Å²) in [7, 11) is 0. The van der Waals surface area contributed by atoms with E-state index in [1.807, 2.05) is 0 Å². The number of nitrogens with zero attached hydrogens (tertiary/aromatic N) is 2. The number of rotatable bonds is 4. The fraction of sp³-hybridized carbons (Fsp3) is 0.706. The predicted octanol–water partition coefficient (Wildman–Crippen LogP) is 1.08. The quantitative estimate of drug-likeness (QED) is 0.718. The maximum absolute atomic E-state index is 12.3. The van der Waals surface area contributed by atoms with E-state index in [-0.39, 0.29) is 30.6 Å². The molecule has 7 heteroatoms. The number of nitrogens with one attached hydrogen (secondary N) is 2. The Balaban J connectivity index is 1.54. The number of amides is 2. The highest BCUT2D eigenvalue weighted by Gasteiger charge is 2.24. The van der Waals surface area contributed by atoms with Crippen LogP contribution >= 0.6 is 0 Å². The molecule has 1 fully saturated rings. The van der Waals surface area contributed by atoms with Crippen LogP contribution in [0.25, 0.3) is 0 Å². The van der Waals surface area contributed by atoms with Gasteiger partial charge in [0.25, 0.3) is 11.8 Å². The van der Waals surface area contributed by atoms with E-state index < -0.39 is 6.10 Å². The number of β-amino-alcohol motifs (C(OH)–C–C–N with tert-alkyl or cyclic N) is 1. The predicted molar refractivity (Wildman–Crippen MR) is 88.7 cm³/mol. The fourth-order valence-corrected chi connectivity index (χ4v) is 3.55. The highest BCUT2D eigenvalue weighted by atomic mass is 16.3. The maximum Gasteiger partial charge on any atom is 0.271 e. The van der Waals surface area contributed by atoms with Gasteiger partial charge in [-0.25, -0.2) is 0 Å². The molecule has 1 unspecified atom stereocenters. The molecule has 2 amide bonds. The summed E-state index contributed by atoms with van der Waals surface area (Å²) in [5.41, 5.74) is 0.551. The fourth-order valence-electron chi connectivity index (χ4n) is 3.55. The standard InChI is InChI=1S/C17H26N4O3/c22-13-10-19-17(24)15-9-14(20-21(15)11-13)16(23)18-8-7-12-5-3-1-2-4-6-12/h9,12-13,22H,1-8,10-11H2,(H,18,23)(H,19,24). The van der Waals surface area contributed by atoms with Gasteiger partial charge in [0.05, 0.1) is 12.6 Å². The van der Waals surface area contributed by atoms with E-state index in [0.717, 1.165) is 6.42 Å². The van der Waals surface area contributed by atoms with Crippen molar-refractivity contribution in [2.45, 2.75) is 57.6 Å². The Morgan fingerprint density at radius 2 is 2.08 bits per heavy atom. The van der Waals surface area contributed by atoms with Crippen LogP contribution in [0.4, 0.5) is 0 Å². The van der Waals surface area contributed by atoms with E-state index in [0.29, 0.717) is 18.2 Å². The van der Waals surface area contributed by atoms with Crippen molar-refractivity contribution < 1.29 is 14.7 Å². The highest BCUT2D eigenvalue weighted by molar-refractivity contribution is 5.98. The van der Waals surface area contributed by atoms with Crippen molar-refractivity contribution in [2.24, 2.45) is 5.92 Å². The summed E-state index contributed by atoms with van der Waals surface area (Å²) in [6.45, 7) is 1.05. The lowest BCUT2D eigenvalue weighted by Gasteiger charge is -2.13. The van der Waals surface area contributed by atoms with E-state index in [2.05, 4.69) is 15.7 Å². The van der Waals surface area contributed by atoms with Crippen LogP contribution < -0.4 is 10.6 Å². The van der Waals surface area contributed by atoms with E-state index in [1.54, 1.807) is 0 Å². The molecule has 1 aliphatic heterocycles. The van der Waals surface area contributed by atoms with Crippen LogP contribution in [0.5, 0.6) is 0 Å². The molecule has 24 heavy (non-hydrogen) atoms. The van der Waals surface area contributed by atoms with E-state index in [9.17, 15) is 14.7 Å². The summed E-state index contributed by atoms with van der Waals surface area (Å²) in [5, 5.41) is 19.4. The summed E-state index contributed by atoms with van der Waals surface area (Å²) >= 11 is 0. The van der Waals surface area contributed by atoms with E-state index >= 15 is 0 Å². The first-order chi connectivity index (χ1) is 11.6. The second kappa shape index (κ2) is 7.79. The summed E-state index contributed by atoms with van der Waals surface area (Å²) in [6, 6.07) is 1.49. The van der Waals surface area contributed by atoms with Crippen LogP contribution in [0, 0.1) is 5.92 Å². The summed E-state index contributed by atoms with van der Waals surface area (Å²) < 4.78 is 1.41. The Labute approximate surface area is 141 Å². The molecule has 1 saturated carbocycles. The molecule has 7 nitrogen and oxygen atoms in total. The van der Waals surface area contributed by atoms with Gasteiger partial charge in [-0.3, -0.25) is 14.3 Å². The SMILES string of the molecule is O=C(NCCC1CCCCCC1)c1cc2n(n1)CC(O)CNC2=O. The molecular formula is C17H26N4O3. The zero-order valence-electron chi connectivity index (χ0n) is 14.0. The molecule has 0 radical (unpaired) electrons. The molecule has 0 saturated heterocycles. The van der Waals surface area contributed by atoms with Gasteiger partial charge in [0.2, 0.25) is 0 Å². The Morgan fingerprint density at radius 3 is 2.83 bits per heavy atom. The Hall–Kier alpha value is -1.89. The number of fused-ring (bicyclic) bond motifs is 1. The summed E-state index contributed by atoms with van der Waals surface area (Å²) in [4.78, 5) is 24.2. The number of aliphatic hydroxyl groups excluding tert-OH is 1. The Bertz CT molecular complexity index is 591. The van der Waals surface area contributed by atoms with Crippen LogP contribution in [-0.2, 0) is 6.54 Å². The first kappa shape index (κ1) is 17.0. The van der Waals surface area contributed by atoms with Crippen LogP contribution in [0.15, 0.2) is 6.07 Å². The van der Waals surface area contributed by atoms with E-state index in [1.165, 1.54) is 49.3 Å². The minimum Gasteiger partial charge on any atom is -0.389 e. The normalized spacial score (nSPS) is 22.2. The minimum absolute atomic E-state index is 0.200. The number of hydrogen-bond donors (Lipinski definition) is 3. The largest absolute Gasteiger partial charge is 0.389 e. The van der Waals surface area contributed by atoms with Gasteiger partial charge in [-0.1, -0.05) is 38.5 Å². The van der Waals surface area contributed by atoms with Crippen LogP contribution in [-0.4, -0.2) is 45.9 Å². The van der Waals surface area contributed by atoms with Gasteiger partial charge in [-0.15, -0.1) is 0 Å². The molecule has 2 heterocycles. The van der Waals surface area contributed by atoms with Crippen molar-refractivity contribution in [2.75, 3.05) is 13.1 Å². The van der Waals surface area contributed by atoms with Crippen LogP contribution in [0.3, 0.4) is 0 Å². The van der Waals surface area contributed by atoms with Crippen molar-refractivity contribution in [1.29, 1.82) is 0 Å². The van der Waals surface area contributed by atoms with Gasteiger partial charge in [-0.2, -0.15) is 5.10 Å². The molecular weight excluding hydrogens is 308 g/mol. The molecule has 0 bridgehead atoms. The lowest BCUT2D eigenvalue weighted by Crippen LogP contribution is -2.30. The van der Waals surface area contributed by atoms with Crippen molar-refractivity contribution in [3.8, 4) is 0 Å². The van der Waals surface area contributed by atoms with Crippen molar-refractivity contribution >= 4 is 11.8 Å². The van der Waals surface area contributed by atoms with Gasteiger partial charge in [0.1, 0.15) is 5.69 Å².